The molecule has 0 aromatic heterocycles. The van der Waals surface area contributed by atoms with Gasteiger partial charge in [0.1, 0.15) is 0 Å². The van der Waals surface area contributed by atoms with Crippen LogP contribution < -0.4 is 5.32 Å². The average molecular weight is 177 g/mol. The summed E-state index contributed by atoms with van der Waals surface area (Å²) in [5, 5.41) is 3.20. The third-order valence-corrected chi connectivity index (χ3v) is 2.52. The van der Waals surface area contributed by atoms with Gasteiger partial charge in [-0.15, -0.1) is 0 Å². The Morgan fingerprint density at radius 2 is 1.92 bits per heavy atom. The second kappa shape index (κ2) is 4.17. The van der Waals surface area contributed by atoms with Crippen molar-refractivity contribution in [2.24, 2.45) is 5.92 Å². The molecular weight excluding hydrogens is 160 g/mol. The molecule has 0 aromatic rings. The summed E-state index contributed by atoms with van der Waals surface area (Å²) in [5.41, 5.74) is 0. The van der Waals surface area contributed by atoms with Gasteiger partial charge in [-0.3, -0.25) is 0 Å². The molecule has 0 atom stereocenters. The predicted molar refractivity (Wildman–Crippen MR) is 45.4 cm³/mol. The van der Waals surface area contributed by atoms with Crippen molar-refractivity contribution >= 4 is 0 Å². The fourth-order valence-corrected chi connectivity index (χ4v) is 1.65. The second-order valence-corrected chi connectivity index (χ2v) is 3.61. The molecule has 1 aliphatic rings. The lowest BCUT2D eigenvalue weighted by molar-refractivity contribution is -0.0454. The Hall–Kier alpha value is -0.180. The van der Waals surface area contributed by atoms with E-state index in [0.717, 1.165) is 13.1 Å². The van der Waals surface area contributed by atoms with Gasteiger partial charge >= 0.3 is 0 Å². The number of rotatable bonds is 3. The first-order valence-corrected chi connectivity index (χ1v) is 4.72. The molecular formula is C9H17F2N. The highest BCUT2D eigenvalue weighted by atomic mass is 19.3. The van der Waals surface area contributed by atoms with Crippen molar-refractivity contribution in [3.8, 4) is 0 Å². The van der Waals surface area contributed by atoms with Crippen molar-refractivity contribution in [1.29, 1.82) is 0 Å². The fourth-order valence-electron chi connectivity index (χ4n) is 1.65. The standard InChI is InChI=1S/C9H17F2N/c1-2-12-7-8-3-5-9(10,11)6-4-8/h8,12H,2-7H2,1H3. The Balaban J connectivity index is 2.18. The third kappa shape index (κ3) is 3.05. The van der Waals surface area contributed by atoms with E-state index >= 15 is 0 Å². The molecule has 1 N–H and O–H groups in total. The molecule has 3 heteroatoms. The van der Waals surface area contributed by atoms with Crippen LogP contribution in [0.2, 0.25) is 0 Å². The van der Waals surface area contributed by atoms with Crippen LogP contribution in [0.15, 0.2) is 0 Å². The zero-order valence-electron chi connectivity index (χ0n) is 7.58. The summed E-state index contributed by atoms with van der Waals surface area (Å²) in [6.45, 7) is 3.89. The van der Waals surface area contributed by atoms with Gasteiger partial charge in [0.15, 0.2) is 0 Å². The van der Waals surface area contributed by atoms with E-state index in [9.17, 15) is 8.78 Å². The number of hydrogen-bond acceptors (Lipinski definition) is 1. The number of hydrogen-bond donors (Lipinski definition) is 1. The van der Waals surface area contributed by atoms with Crippen molar-refractivity contribution in [2.45, 2.75) is 38.5 Å². The van der Waals surface area contributed by atoms with Crippen LogP contribution in [0.1, 0.15) is 32.6 Å². The molecule has 0 saturated heterocycles. The monoisotopic (exact) mass is 177 g/mol. The van der Waals surface area contributed by atoms with Crippen LogP contribution in [0.5, 0.6) is 0 Å². The first-order valence-electron chi connectivity index (χ1n) is 4.72. The van der Waals surface area contributed by atoms with Gasteiger partial charge in [-0.05, 0) is 31.8 Å². The van der Waals surface area contributed by atoms with Gasteiger partial charge in [0.25, 0.3) is 0 Å². The summed E-state index contributed by atoms with van der Waals surface area (Å²) in [6.07, 6.45) is 1.53. The van der Waals surface area contributed by atoms with Gasteiger partial charge in [0, 0.05) is 12.8 Å². The van der Waals surface area contributed by atoms with E-state index in [-0.39, 0.29) is 12.8 Å². The maximum absolute atomic E-state index is 12.7. The maximum Gasteiger partial charge on any atom is 0.248 e. The second-order valence-electron chi connectivity index (χ2n) is 3.61. The fraction of sp³-hybridized carbons (Fsp3) is 1.00. The summed E-state index contributed by atoms with van der Waals surface area (Å²) in [5.74, 6) is -1.90. The Kier molecular flexibility index (Phi) is 3.44. The van der Waals surface area contributed by atoms with Crippen molar-refractivity contribution < 1.29 is 8.78 Å². The van der Waals surface area contributed by atoms with E-state index in [1.54, 1.807) is 0 Å². The van der Waals surface area contributed by atoms with Gasteiger partial charge in [0.2, 0.25) is 5.92 Å². The van der Waals surface area contributed by atoms with Crippen LogP contribution >= 0.6 is 0 Å². The van der Waals surface area contributed by atoms with E-state index in [4.69, 9.17) is 0 Å². The lowest BCUT2D eigenvalue weighted by Crippen LogP contribution is -2.30. The Morgan fingerprint density at radius 3 is 2.42 bits per heavy atom. The van der Waals surface area contributed by atoms with Crippen LogP contribution in [0, 0.1) is 5.92 Å². The molecule has 0 bridgehead atoms. The number of alkyl halides is 2. The lowest BCUT2D eigenvalue weighted by atomic mass is 9.87. The highest BCUT2D eigenvalue weighted by Gasteiger charge is 2.34. The average Bonchev–Trinajstić information content (AvgIpc) is 2.03. The minimum Gasteiger partial charge on any atom is -0.317 e. The van der Waals surface area contributed by atoms with Crippen molar-refractivity contribution in [3.63, 3.8) is 0 Å². The van der Waals surface area contributed by atoms with Crippen LogP contribution in [-0.4, -0.2) is 19.0 Å². The van der Waals surface area contributed by atoms with Gasteiger partial charge in [-0.25, -0.2) is 8.78 Å². The molecule has 72 valence electrons. The lowest BCUT2D eigenvalue weighted by Gasteiger charge is -2.28. The SMILES string of the molecule is CCNCC1CCC(F)(F)CC1. The summed E-state index contributed by atoms with van der Waals surface area (Å²) in [4.78, 5) is 0. The van der Waals surface area contributed by atoms with E-state index in [1.165, 1.54) is 0 Å². The molecule has 0 amide bonds. The van der Waals surface area contributed by atoms with E-state index in [1.807, 2.05) is 6.92 Å². The molecule has 1 saturated carbocycles. The van der Waals surface area contributed by atoms with Crippen molar-refractivity contribution in [2.75, 3.05) is 13.1 Å². The van der Waals surface area contributed by atoms with Crippen LogP contribution in [-0.2, 0) is 0 Å². The molecule has 1 nitrogen and oxygen atoms in total. The quantitative estimate of drug-likeness (QED) is 0.698. The maximum atomic E-state index is 12.7. The number of nitrogens with one attached hydrogen (secondary N) is 1. The summed E-state index contributed by atoms with van der Waals surface area (Å²) in [7, 11) is 0. The Bertz CT molecular complexity index is 126. The molecule has 0 heterocycles. The van der Waals surface area contributed by atoms with E-state index < -0.39 is 5.92 Å². The molecule has 0 aromatic carbocycles. The molecule has 1 aliphatic carbocycles. The van der Waals surface area contributed by atoms with Crippen molar-refractivity contribution in [3.05, 3.63) is 0 Å². The summed E-state index contributed by atoms with van der Waals surface area (Å²) < 4.78 is 25.4. The molecule has 1 fully saturated rings. The predicted octanol–water partition coefficient (Wildman–Crippen LogP) is 2.42. The largest absolute Gasteiger partial charge is 0.317 e. The molecule has 0 unspecified atom stereocenters. The van der Waals surface area contributed by atoms with Gasteiger partial charge in [-0.1, -0.05) is 6.92 Å². The van der Waals surface area contributed by atoms with E-state index in [2.05, 4.69) is 5.32 Å². The smallest absolute Gasteiger partial charge is 0.248 e. The highest BCUT2D eigenvalue weighted by molar-refractivity contribution is 4.78. The molecule has 12 heavy (non-hydrogen) atoms. The van der Waals surface area contributed by atoms with Crippen LogP contribution in [0.4, 0.5) is 8.78 Å². The molecule has 0 radical (unpaired) electrons. The zero-order valence-corrected chi connectivity index (χ0v) is 7.58. The Labute approximate surface area is 72.5 Å². The van der Waals surface area contributed by atoms with Crippen LogP contribution in [0.25, 0.3) is 0 Å². The number of halogens is 2. The third-order valence-electron chi connectivity index (χ3n) is 2.52. The highest BCUT2D eigenvalue weighted by Crippen LogP contribution is 2.35. The van der Waals surface area contributed by atoms with Crippen molar-refractivity contribution in [1.82, 2.24) is 5.32 Å². The normalized spacial score (nSPS) is 24.2. The summed E-state index contributed by atoms with van der Waals surface area (Å²) >= 11 is 0. The minimum atomic E-state index is -2.37. The van der Waals surface area contributed by atoms with Gasteiger partial charge < -0.3 is 5.32 Å². The first-order chi connectivity index (χ1) is 5.64. The molecule has 0 aliphatic heterocycles. The van der Waals surface area contributed by atoms with Gasteiger partial charge in [0.05, 0.1) is 0 Å². The molecule has 0 spiro atoms. The van der Waals surface area contributed by atoms with E-state index in [0.29, 0.717) is 18.8 Å². The zero-order chi connectivity index (χ0) is 9.03. The Morgan fingerprint density at radius 1 is 1.33 bits per heavy atom. The molecule has 1 rings (SSSR count). The van der Waals surface area contributed by atoms with Crippen LogP contribution in [0.3, 0.4) is 0 Å². The topological polar surface area (TPSA) is 12.0 Å². The first kappa shape index (κ1) is 9.90. The summed E-state index contributed by atoms with van der Waals surface area (Å²) in [6, 6.07) is 0. The minimum absolute atomic E-state index is 0.0864. The van der Waals surface area contributed by atoms with Gasteiger partial charge in [-0.2, -0.15) is 0 Å².